The van der Waals surface area contributed by atoms with Crippen molar-refractivity contribution < 1.29 is 9.90 Å². The molecule has 2 aromatic rings. The van der Waals surface area contributed by atoms with Gasteiger partial charge in [0.1, 0.15) is 0 Å². The second-order valence-electron chi connectivity index (χ2n) is 3.97. The van der Waals surface area contributed by atoms with Crippen LogP contribution in [0, 0.1) is 0 Å². The lowest BCUT2D eigenvalue weighted by atomic mass is 10.1. The van der Waals surface area contributed by atoms with E-state index >= 15 is 0 Å². The molecule has 0 radical (unpaired) electrons. The Hall–Kier alpha value is -2.28. The van der Waals surface area contributed by atoms with Crippen LogP contribution in [0.4, 0.5) is 0 Å². The highest BCUT2D eigenvalue weighted by Crippen LogP contribution is 2.13. The molecule has 2 rings (SSSR count). The molecule has 0 amide bonds. The van der Waals surface area contributed by atoms with E-state index in [1.165, 1.54) is 4.68 Å². The number of tetrazole rings is 1. The molecule has 0 aliphatic carbocycles. The number of carboxylic acids is 1. The van der Waals surface area contributed by atoms with Gasteiger partial charge in [-0.15, -0.1) is 5.10 Å². The molecular formula is C11H13N5O2. The Morgan fingerprint density at radius 1 is 1.44 bits per heavy atom. The summed E-state index contributed by atoms with van der Waals surface area (Å²) in [4.78, 5) is 10.6. The Labute approximate surface area is 103 Å². The molecule has 18 heavy (non-hydrogen) atoms. The van der Waals surface area contributed by atoms with Crippen molar-refractivity contribution in [3.05, 3.63) is 35.7 Å². The van der Waals surface area contributed by atoms with Crippen LogP contribution in [-0.4, -0.2) is 31.3 Å². The summed E-state index contributed by atoms with van der Waals surface area (Å²) in [5.74, 6) is -0.303. The van der Waals surface area contributed by atoms with Crippen LogP contribution in [-0.2, 0) is 11.2 Å². The molecule has 1 atom stereocenters. The van der Waals surface area contributed by atoms with Crippen molar-refractivity contribution in [2.24, 2.45) is 5.73 Å². The van der Waals surface area contributed by atoms with Gasteiger partial charge < -0.3 is 10.8 Å². The molecule has 0 fully saturated rings. The van der Waals surface area contributed by atoms with Gasteiger partial charge >= 0.3 is 5.97 Å². The quantitative estimate of drug-likeness (QED) is 0.805. The van der Waals surface area contributed by atoms with Crippen molar-refractivity contribution in [3.8, 4) is 5.69 Å². The second kappa shape index (κ2) is 4.92. The first-order valence-electron chi connectivity index (χ1n) is 5.43. The average Bonchev–Trinajstić information content (AvgIpc) is 2.78. The molecule has 1 heterocycles. The van der Waals surface area contributed by atoms with E-state index in [0.717, 1.165) is 11.3 Å². The van der Waals surface area contributed by atoms with Crippen molar-refractivity contribution in [3.63, 3.8) is 0 Å². The summed E-state index contributed by atoms with van der Waals surface area (Å²) >= 11 is 0. The van der Waals surface area contributed by atoms with Gasteiger partial charge in [0.05, 0.1) is 18.2 Å². The highest BCUT2D eigenvalue weighted by molar-refractivity contribution is 5.70. The molecule has 94 valence electrons. The van der Waals surface area contributed by atoms with E-state index in [1.54, 1.807) is 31.2 Å². The third-order valence-electron chi connectivity index (χ3n) is 2.44. The normalized spacial score (nSPS) is 12.3. The van der Waals surface area contributed by atoms with Crippen LogP contribution >= 0.6 is 0 Å². The van der Waals surface area contributed by atoms with Gasteiger partial charge in [-0.1, -0.05) is 12.1 Å². The summed E-state index contributed by atoms with van der Waals surface area (Å²) in [6, 6.07) is 6.71. The van der Waals surface area contributed by atoms with Crippen LogP contribution < -0.4 is 5.73 Å². The number of rotatable bonds is 4. The minimum atomic E-state index is -0.860. The zero-order valence-electron chi connectivity index (χ0n) is 9.82. The lowest BCUT2D eigenvalue weighted by Crippen LogP contribution is -2.13. The molecule has 7 heteroatoms. The topological polar surface area (TPSA) is 107 Å². The Bertz CT molecular complexity index is 547. The van der Waals surface area contributed by atoms with Crippen LogP contribution in [0.5, 0.6) is 0 Å². The fourth-order valence-electron chi connectivity index (χ4n) is 1.59. The Morgan fingerprint density at radius 2 is 2.11 bits per heavy atom. The molecule has 0 spiro atoms. The molecular weight excluding hydrogens is 234 g/mol. The van der Waals surface area contributed by atoms with Gasteiger partial charge in [-0.05, 0) is 35.0 Å². The maximum atomic E-state index is 10.6. The smallest absolute Gasteiger partial charge is 0.307 e. The summed E-state index contributed by atoms with van der Waals surface area (Å²) in [5, 5.41) is 20.0. The van der Waals surface area contributed by atoms with Gasteiger partial charge in [-0.2, -0.15) is 4.68 Å². The summed E-state index contributed by atoms with van der Waals surface area (Å²) in [6.07, 6.45) is -0.00393. The van der Waals surface area contributed by atoms with Gasteiger partial charge in [0.2, 0.25) is 0 Å². The molecule has 0 saturated carbocycles. The molecule has 3 N–H and O–H groups in total. The average molecular weight is 247 g/mol. The lowest BCUT2D eigenvalue weighted by molar-refractivity contribution is -0.136. The number of nitrogens with two attached hydrogens (primary N) is 1. The van der Waals surface area contributed by atoms with E-state index in [1.807, 2.05) is 0 Å². The molecule has 1 unspecified atom stereocenters. The SMILES string of the molecule is CC(N)c1nnnn1-c1ccc(CC(=O)O)cc1. The molecule has 1 aromatic carbocycles. The number of carboxylic acid groups (broad SMARTS) is 1. The van der Waals surface area contributed by atoms with Crippen LogP contribution in [0.15, 0.2) is 24.3 Å². The summed E-state index contributed by atoms with van der Waals surface area (Å²) in [5.41, 5.74) is 7.23. The van der Waals surface area contributed by atoms with Gasteiger partial charge in [0.25, 0.3) is 0 Å². The van der Waals surface area contributed by atoms with E-state index in [0.29, 0.717) is 5.82 Å². The Kier molecular flexibility index (Phi) is 3.33. The number of nitrogens with zero attached hydrogens (tertiary/aromatic N) is 4. The number of aromatic nitrogens is 4. The van der Waals surface area contributed by atoms with Gasteiger partial charge in [-0.3, -0.25) is 4.79 Å². The summed E-state index contributed by atoms with van der Waals surface area (Å²) in [6.45, 7) is 1.79. The number of hydrogen-bond donors (Lipinski definition) is 2. The predicted molar refractivity (Wildman–Crippen MR) is 63.1 cm³/mol. The number of hydrogen-bond acceptors (Lipinski definition) is 5. The molecule has 7 nitrogen and oxygen atoms in total. The van der Waals surface area contributed by atoms with Crippen molar-refractivity contribution in [2.45, 2.75) is 19.4 Å². The molecule has 1 aromatic heterocycles. The van der Waals surface area contributed by atoms with E-state index in [2.05, 4.69) is 15.5 Å². The fraction of sp³-hybridized carbons (Fsp3) is 0.273. The number of aliphatic carboxylic acids is 1. The number of benzene rings is 1. The van der Waals surface area contributed by atoms with Gasteiger partial charge in [0.15, 0.2) is 5.82 Å². The molecule has 0 saturated heterocycles. The van der Waals surface area contributed by atoms with Crippen LogP contribution in [0.1, 0.15) is 24.4 Å². The Morgan fingerprint density at radius 3 is 2.67 bits per heavy atom. The summed E-state index contributed by atoms with van der Waals surface area (Å²) in [7, 11) is 0. The van der Waals surface area contributed by atoms with Gasteiger partial charge in [0, 0.05) is 0 Å². The van der Waals surface area contributed by atoms with Crippen LogP contribution in [0.3, 0.4) is 0 Å². The first-order chi connectivity index (χ1) is 8.58. The third-order valence-corrected chi connectivity index (χ3v) is 2.44. The predicted octanol–water partition coefficient (Wildman–Crippen LogP) is 0.309. The maximum absolute atomic E-state index is 10.6. The minimum Gasteiger partial charge on any atom is -0.481 e. The minimum absolute atomic E-state index is 0.00393. The zero-order chi connectivity index (χ0) is 13.1. The molecule has 0 aliphatic heterocycles. The zero-order valence-corrected chi connectivity index (χ0v) is 9.82. The van der Waals surface area contributed by atoms with E-state index in [-0.39, 0.29) is 12.5 Å². The monoisotopic (exact) mass is 247 g/mol. The molecule has 0 aliphatic rings. The van der Waals surface area contributed by atoms with Crippen LogP contribution in [0.25, 0.3) is 5.69 Å². The standard InChI is InChI=1S/C11H13N5O2/c1-7(12)11-13-14-15-16(11)9-4-2-8(3-5-9)6-10(17)18/h2-5,7H,6,12H2,1H3,(H,17,18). The van der Waals surface area contributed by atoms with Crippen molar-refractivity contribution in [1.82, 2.24) is 20.2 Å². The van der Waals surface area contributed by atoms with Crippen molar-refractivity contribution >= 4 is 5.97 Å². The van der Waals surface area contributed by atoms with E-state index in [4.69, 9.17) is 10.8 Å². The maximum Gasteiger partial charge on any atom is 0.307 e. The van der Waals surface area contributed by atoms with Crippen LogP contribution in [0.2, 0.25) is 0 Å². The van der Waals surface area contributed by atoms with Crippen molar-refractivity contribution in [1.29, 1.82) is 0 Å². The first-order valence-corrected chi connectivity index (χ1v) is 5.43. The Balaban J connectivity index is 2.29. The highest BCUT2D eigenvalue weighted by Gasteiger charge is 2.12. The summed E-state index contributed by atoms with van der Waals surface area (Å²) < 4.78 is 1.54. The number of carbonyl (C=O) groups is 1. The third kappa shape index (κ3) is 2.51. The molecule has 0 bridgehead atoms. The first kappa shape index (κ1) is 12.2. The largest absolute Gasteiger partial charge is 0.481 e. The highest BCUT2D eigenvalue weighted by atomic mass is 16.4. The van der Waals surface area contributed by atoms with E-state index < -0.39 is 5.97 Å². The van der Waals surface area contributed by atoms with Crippen molar-refractivity contribution in [2.75, 3.05) is 0 Å². The second-order valence-corrected chi connectivity index (χ2v) is 3.97. The fourth-order valence-corrected chi connectivity index (χ4v) is 1.59. The lowest BCUT2D eigenvalue weighted by Gasteiger charge is -2.07. The van der Waals surface area contributed by atoms with E-state index in [9.17, 15) is 4.79 Å². The van der Waals surface area contributed by atoms with Gasteiger partial charge in [-0.25, -0.2) is 0 Å².